The minimum atomic E-state index is -0.691. The standard InChI is InChI=1S/C21H28N2O4/c1-15-13-16-8-9-19(15)27-12-5-3-4-10-23-11-6-7-18(23)20(24)22-17(14-16)21(25)26-2/h3,5,8-9,13,17-18H,4,6-7,10-12,14H2,1-2H3,(H,22,24)/b5-3+/t17-,18?/m0/s1. The first kappa shape index (κ1) is 19.4. The molecule has 1 aromatic rings. The van der Waals surface area contributed by atoms with E-state index in [1.54, 1.807) is 0 Å². The van der Waals surface area contributed by atoms with Gasteiger partial charge in [0.2, 0.25) is 5.91 Å². The molecule has 146 valence electrons. The molecule has 0 spiro atoms. The third-order valence-corrected chi connectivity index (χ3v) is 5.23. The number of nitrogens with one attached hydrogen (secondary N) is 1. The van der Waals surface area contributed by atoms with Gasteiger partial charge in [-0.25, -0.2) is 4.79 Å². The molecule has 6 nitrogen and oxygen atoms in total. The lowest BCUT2D eigenvalue weighted by atomic mass is 10.0. The average Bonchev–Trinajstić information content (AvgIpc) is 3.12. The van der Waals surface area contributed by atoms with Crippen molar-refractivity contribution in [1.29, 1.82) is 0 Å². The van der Waals surface area contributed by atoms with Gasteiger partial charge >= 0.3 is 5.97 Å². The molecule has 27 heavy (non-hydrogen) atoms. The summed E-state index contributed by atoms with van der Waals surface area (Å²) >= 11 is 0. The predicted molar refractivity (Wildman–Crippen MR) is 103 cm³/mol. The summed E-state index contributed by atoms with van der Waals surface area (Å²) < 4.78 is 10.8. The van der Waals surface area contributed by atoms with Gasteiger partial charge in [0, 0.05) is 13.0 Å². The smallest absolute Gasteiger partial charge is 0.328 e. The Morgan fingerprint density at radius 1 is 1.30 bits per heavy atom. The van der Waals surface area contributed by atoms with Crippen molar-refractivity contribution in [2.45, 2.75) is 44.7 Å². The van der Waals surface area contributed by atoms with Crippen LogP contribution in [0.5, 0.6) is 5.75 Å². The predicted octanol–water partition coefficient (Wildman–Crippen LogP) is 2.00. The monoisotopic (exact) mass is 372 g/mol. The minimum absolute atomic E-state index is 0.0874. The van der Waals surface area contributed by atoms with E-state index in [-0.39, 0.29) is 11.9 Å². The van der Waals surface area contributed by atoms with Crippen molar-refractivity contribution >= 4 is 11.9 Å². The highest BCUT2D eigenvalue weighted by atomic mass is 16.5. The number of carbonyl (C=O) groups is 2. The van der Waals surface area contributed by atoms with Crippen LogP contribution in [0.2, 0.25) is 0 Å². The second kappa shape index (κ2) is 9.04. The van der Waals surface area contributed by atoms with E-state index in [2.05, 4.69) is 16.3 Å². The van der Waals surface area contributed by atoms with Crippen molar-refractivity contribution in [2.24, 2.45) is 0 Å². The van der Waals surface area contributed by atoms with Crippen LogP contribution in [0.1, 0.15) is 30.4 Å². The van der Waals surface area contributed by atoms with Crippen LogP contribution in [0.3, 0.4) is 0 Å². The number of benzene rings is 1. The fourth-order valence-corrected chi connectivity index (χ4v) is 3.79. The lowest BCUT2D eigenvalue weighted by Crippen LogP contribution is -2.50. The summed E-state index contributed by atoms with van der Waals surface area (Å²) in [5.41, 5.74) is 1.96. The molecule has 1 N–H and O–H groups in total. The van der Waals surface area contributed by atoms with Crippen molar-refractivity contribution in [3.05, 3.63) is 41.5 Å². The van der Waals surface area contributed by atoms with E-state index in [1.165, 1.54) is 7.11 Å². The molecule has 4 rings (SSSR count). The average molecular weight is 372 g/mol. The Morgan fingerprint density at radius 2 is 2.15 bits per heavy atom. The van der Waals surface area contributed by atoms with Gasteiger partial charge in [0.15, 0.2) is 0 Å². The summed E-state index contributed by atoms with van der Waals surface area (Å²) in [6.07, 6.45) is 7.20. The normalized spacial score (nSPS) is 25.3. The van der Waals surface area contributed by atoms with E-state index in [9.17, 15) is 9.59 Å². The number of fused-ring (bicyclic) bond motifs is 9. The first-order valence-corrected chi connectivity index (χ1v) is 9.58. The van der Waals surface area contributed by atoms with Gasteiger partial charge in [0.25, 0.3) is 0 Å². The molecule has 3 heterocycles. The molecule has 3 aliphatic heterocycles. The van der Waals surface area contributed by atoms with Crippen LogP contribution in [0, 0.1) is 6.92 Å². The number of ether oxygens (including phenoxy) is 2. The molecule has 0 aromatic heterocycles. The maximum atomic E-state index is 12.8. The Balaban J connectivity index is 1.85. The number of esters is 1. The first-order valence-electron chi connectivity index (χ1n) is 9.58. The molecule has 0 radical (unpaired) electrons. The molecule has 2 bridgehead atoms. The second-order valence-electron chi connectivity index (χ2n) is 7.15. The van der Waals surface area contributed by atoms with Crippen LogP contribution >= 0.6 is 0 Å². The zero-order valence-corrected chi connectivity index (χ0v) is 16.1. The summed E-state index contributed by atoms with van der Waals surface area (Å²) in [4.78, 5) is 27.3. The third kappa shape index (κ3) is 4.89. The highest BCUT2D eigenvalue weighted by Crippen LogP contribution is 2.22. The fraction of sp³-hybridized carbons (Fsp3) is 0.524. The zero-order chi connectivity index (χ0) is 19.2. The molecule has 0 saturated carbocycles. The maximum Gasteiger partial charge on any atom is 0.328 e. The van der Waals surface area contributed by atoms with Crippen molar-refractivity contribution in [1.82, 2.24) is 10.2 Å². The van der Waals surface area contributed by atoms with Crippen LogP contribution in [0.4, 0.5) is 0 Å². The van der Waals surface area contributed by atoms with E-state index in [1.807, 2.05) is 31.2 Å². The van der Waals surface area contributed by atoms with Crippen LogP contribution in [0.15, 0.2) is 30.4 Å². The molecule has 1 fully saturated rings. The summed E-state index contributed by atoms with van der Waals surface area (Å²) in [6, 6.07) is 4.97. The van der Waals surface area contributed by atoms with Crippen molar-refractivity contribution < 1.29 is 19.1 Å². The maximum absolute atomic E-state index is 12.8. The van der Waals surface area contributed by atoms with Crippen LogP contribution in [-0.4, -0.2) is 55.7 Å². The van der Waals surface area contributed by atoms with Gasteiger partial charge in [0.05, 0.1) is 13.2 Å². The van der Waals surface area contributed by atoms with E-state index in [0.717, 1.165) is 49.2 Å². The topological polar surface area (TPSA) is 67.9 Å². The van der Waals surface area contributed by atoms with Crippen molar-refractivity contribution in [3.8, 4) is 5.75 Å². The quantitative estimate of drug-likeness (QED) is 0.603. The zero-order valence-electron chi connectivity index (χ0n) is 16.1. The highest BCUT2D eigenvalue weighted by molar-refractivity contribution is 5.87. The third-order valence-electron chi connectivity index (χ3n) is 5.23. The number of rotatable bonds is 1. The Bertz CT molecular complexity index is 716. The number of hydrogen-bond donors (Lipinski definition) is 1. The number of methoxy groups -OCH3 is 1. The largest absolute Gasteiger partial charge is 0.489 e. The van der Waals surface area contributed by atoms with Gasteiger partial charge in [-0.15, -0.1) is 0 Å². The van der Waals surface area contributed by atoms with E-state index < -0.39 is 12.0 Å². The fourth-order valence-electron chi connectivity index (χ4n) is 3.79. The van der Waals surface area contributed by atoms with Crippen LogP contribution in [-0.2, 0) is 20.7 Å². The van der Waals surface area contributed by atoms with Crippen molar-refractivity contribution in [2.75, 3.05) is 26.8 Å². The molecule has 1 amide bonds. The van der Waals surface area contributed by atoms with Crippen LogP contribution < -0.4 is 10.1 Å². The Morgan fingerprint density at radius 3 is 2.93 bits per heavy atom. The van der Waals surface area contributed by atoms with E-state index in [0.29, 0.717) is 13.0 Å². The summed E-state index contributed by atoms with van der Waals surface area (Å²) in [5, 5.41) is 2.92. The number of hydrogen-bond acceptors (Lipinski definition) is 5. The second-order valence-corrected chi connectivity index (χ2v) is 7.15. The number of aryl methyl sites for hydroxylation is 1. The lowest BCUT2D eigenvalue weighted by Gasteiger charge is -2.25. The summed E-state index contributed by atoms with van der Waals surface area (Å²) in [5.74, 6) is 0.319. The molecule has 1 unspecified atom stereocenters. The van der Waals surface area contributed by atoms with Gasteiger partial charge < -0.3 is 14.8 Å². The minimum Gasteiger partial charge on any atom is -0.489 e. The Kier molecular flexibility index (Phi) is 6.50. The molecular formula is C21H28N2O4. The SMILES string of the molecule is COC(=O)[C@@H]1Cc2ccc(c(C)c2)OC/C=C/CCN2CCCC2C(=O)N1. The molecule has 2 atom stereocenters. The molecule has 6 heteroatoms. The molecule has 1 saturated heterocycles. The van der Waals surface area contributed by atoms with Gasteiger partial charge in [0.1, 0.15) is 18.4 Å². The van der Waals surface area contributed by atoms with Crippen molar-refractivity contribution in [3.63, 3.8) is 0 Å². The number of carbonyl (C=O) groups excluding carboxylic acids is 2. The Labute approximate surface area is 160 Å². The Hall–Kier alpha value is -2.34. The van der Waals surface area contributed by atoms with Crippen LogP contribution in [0.25, 0.3) is 0 Å². The summed E-state index contributed by atoms with van der Waals surface area (Å²) in [6.45, 7) is 4.23. The van der Waals surface area contributed by atoms with Gasteiger partial charge in [-0.1, -0.05) is 24.3 Å². The molecule has 3 aliphatic rings. The lowest BCUT2D eigenvalue weighted by molar-refractivity contribution is -0.145. The number of amides is 1. The van der Waals surface area contributed by atoms with E-state index >= 15 is 0 Å². The van der Waals surface area contributed by atoms with Gasteiger partial charge in [-0.3, -0.25) is 9.69 Å². The molecule has 1 aromatic carbocycles. The number of nitrogens with zero attached hydrogens (tertiary/aromatic N) is 1. The molecular weight excluding hydrogens is 344 g/mol. The highest BCUT2D eigenvalue weighted by Gasteiger charge is 2.33. The first-order chi connectivity index (χ1) is 13.1. The summed E-state index contributed by atoms with van der Waals surface area (Å²) in [7, 11) is 1.35. The van der Waals surface area contributed by atoms with Gasteiger partial charge in [-0.2, -0.15) is 0 Å². The van der Waals surface area contributed by atoms with E-state index in [4.69, 9.17) is 9.47 Å². The molecule has 0 aliphatic carbocycles. The van der Waals surface area contributed by atoms with Gasteiger partial charge in [-0.05, 0) is 49.9 Å².